The first-order valence-corrected chi connectivity index (χ1v) is 13.8. The summed E-state index contributed by atoms with van der Waals surface area (Å²) in [6, 6.07) is 11.7. The summed E-state index contributed by atoms with van der Waals surface area (Å²) in [6.45, 7) is 4.21. The number of carbonyl (C=O) groups is 1. The number of fused-ring (bicyclic) bond motifs is 5. The highest BCUT2D eigenvalue weighted by Gasteiger charge is 2.30. The number of aromatic carboxylic acids is 1. The summed E-state index contributed by atoms with van der Waals surface area (Å²) in [4.78, 5) is 11.8. The molecule has 0 amide bonds. The lowest BCUT2D eigenvalue weighted by atomic mass is 9.81. The van der Waals surface area contributed by atoms with Crippen molar-refractivity contribution in [1.82, 2.24) is 9.88 Å². The van der Waals surface area contributed by atoms with E-state index in [1.54, 1.807) is 6.07 Å². The van der Waals surface area contributed by atoms with Crippen LogP contribution in [0.3, 0.4) is 0 Å². The molecule has 1 aromatic heterocycles. The summed E-state index contributed by atoms with van der Waals surface area (Å²) < 4.78 is 20.9. The average Bonchev–Trinajstić information content (AvgIpc) is 3.13. The molecule has 2 aromatic carbocycles. The molecule has 3 aliphatic rings. The summed E-state index contributed by atoms with van der Waals surface area (Å²) in [5.41, 5.74) is 4.83. The zero-order valence-electron chi connectivity index (χ0n) is 21.3. The largest absolute Gasteiger partial charge is 0.487 e. The zero-order valence-corrected chi connectivity index (χ0v) is 21.3. The molecule has 2 N–H and O–H groups in total. The molecule has 0 spiro atoms. The van der Waals surface area contributed by atoms with E-state index in [1.807, 2.05) is 24.3 Å². The highest BCUT2D eigenvalue weighted by molar-refractivity contribution is 5.99. The van der Waals surface area contributed by atoms with Crippen LogP contribution in [0.1, 0.15) is 66.8 Å². The number of nitrogens with zero attached hydrogens (tertiary/aromatic N) is 1. The Morgan fingerprint density at radius 1 is 1.05 bits per heavy atom. The lowest BCUT2D eigenvalue weighted by Crippen LogP contribution is -2.33. The lowest BCUT2D eigenvalue weighted by molar-refractivity contribution is 0.0164. The van der Waals surface area contributed by atoms with Crippen molar-refractivity contribution in [2.45, 2.75) is 63.5 Å². The van der Waals surface area contributed by atoms with Crippen molar-refractivity contribution in [2.24, 2.45) is 0 Å². The fourth-order valence-corrected chi connectivity index (χ4v) is 6.37. The highest BCUT2D eigenvalue weighted by atomic mass is 16.5. The Bertz CT molecular complexity index is 1270. The maximum absolute atomic E-state index is 11.8. The van der Waals surface area contributed by atoms with Crippen LogP contribution in [0.15, 0.2) is 36.4 Å². The topological polar surface area (TPSA) is 82.0 Å². The molecule has 0 atom stereocenters. The van der Waals surface area contributed by atoms with Gasteiger partial charge in [-0.15, -0.1) is 0 Å². The summed E-state index contributed by atoms with van der Waals surface area (Å²) in [7, 11) is 0. The van der Waals surface area contributed by atoms with Crippen LogP contribution in [-0.2, 0) is 11.3 Å². The molecule has 2 aliphatic heterocycles. The van der Waals surface area contributed by atoms with Crippen molar-refractivity contribution < 1.29 is 24.1 Å². The second kappa shape index (κ2) is 10.8. The highest BCUT2D eigenvalue weighted by Crippen LogP contribution is 2.49. The number of hydrogen-bond donors (Lipinski definition) is 2. The maximum Gasteiger partial charge on any atom is 0.335 e. The first-order valence-electron chi connectivity index (χ1n) is 13.8. The van der Waals surface area contributed by atoms with E-state index < -0.39 is 5.97 Å². The average molecular weight is 505 g/mol. The van der Waals surface area contributed by atoms with E-state index >= 15 is 0 Å². The van der Waals surface area contributed by atoms with E-state index in [1.165, 1.54) is 30.2 Å². The monoisotopic (exact) mass is 504 g/mol. The third kappa shape index (κ3) is 4.82. The second-order valence-corrected chi connectivity index (χ2v) is 10.4. The van der Waals surface area contributed by atoms with Gasteiger partial charge in [-0.05, 0) is 74.5 Å². The quantitative estimate of drug-likeness (QED) is 0.408. The lowest BCUT2D eigenvalue weighted by Gasteiger charge is -2.24. The van der Waals surface area contributed by atoms with Crippen molar-refractivity contribution in [3.05, 3.63) is 47.5 Å². The van der Waals surface area contributed by atoms with E-state index in [0.717, 1.165) is 67.0 Å². The van der Waals surface area contributed by atoms with E-state index in [4.69, 9.17) is 14.2 Å². The van der Waals surface area contributed by atoms with Gasteiger partial charge in [0.1, 0.15) is 13.2 Å². The normalized spacial score (nSPS) is 18.6. The number of piperidine rings is 1. The molecule has 7 nitrogen and oxygen atoms in total. The second-order valence-electron chi connectivity index (χ2n) is 10.4. The van der Waals surface area contributed by atoms with Gasteiger partial charge in [0.05, 0.1) is 30.5 Å². The summed E-state index contributed by atoms with van der Waals surface area (Å²) in [6.07, 6.45) is 8.45. The van der Waals surface area contributed by atoms with Gasteiger partial charge in [0.25, 0.3) is 0 Å². The maximum atomic E-state index is 11.8. The van der Waals surface area contributed by atoms with E-state index in [2.05, 4.69) is 16.0 Å². The molecule has 1 saturated heterocycles. The van der Waals surface area contributed by atoms with Crippen molar-refractivity contribution in [3.8, 4) is 22.8 Å². The SMILES string of the molecule is O=C(O)c1ccc2c(C3CCCCC3)c3n(c2c1)CCOc1c(OCCOC2CCNCC2)cccc1-3. The number of aromatic nitrogens is 1. The van der Waals surface area contributed by atoms with Crippen molar-refractivity contribution >= 4 is 16.9 Å². The van der Waals surface area contributed by atoms with Gasteiger partial charge in [0.2, 0.25) is 0 Å². The Balaban J connectivity index is 1.37. The molecule has 3 aromatic rings. The Morgan fingerprint density at radius 3 is 2.70 bits per heavy atom. The van der Waals surface area contributed by atoms with Gasteiger partial charge in [0.15, 0.2) is 11.5 Å². The molecule has 1 saturated carbocycles. The van der Waals surface area contributed by atoms with Gasteiger partial charge < -0.3 is 29.2 Å². The number of carboxylic acid groups (broad SMARTS) is 1. The van der Waals surface area contributed by atoms with Crippen LogP contribution in [0.4, 0.5) is 0 Å². The molecule has 1 aliphatic carbocycles. The van der Waals surface area contributed by atoms with Crippen LogP contribution in [-0.4, -0.2) is 54.7 Å². The Hall–Kier alpha value is -3.03. The third-order valence-corrected chi connectivity index (χ3v) is 8.14. The van der Waals surface area contributed by atoms with Crippen LogP contribution in [0, 0.1) is 0 Å². The minimum Gasteiger partial charge on any atom is -0.487 e. The van der Waals surface area contributed by atoms with Gasteiger partial charge in [-0.3, -0.25) is 0 Å². The third-order valence-electron chi connectivity index (χ3n) is 8.14. The first-order chi connectivity index (χ1) is 18.2. The van der Waals surface area contributed by atoms with Crippen LogP contribution in [0.25, 0.3) is 22.2 Å². The molecular formula is C30H36N2O5. The Kier molecular flexibility index (Phi) is 7.07. The summed E-state index contributed by atoms with van der Waals surface area (Å²) >= 11 is 0. The molecule has 3 heterocycles. The van der Waals surface area contributed by atoms with Crippen LogP contribution in [0.2, 0.25) is 0 Å². The number of rotatable bonds is 7. The smallest absolute Gasteiger partial charge is 0.335 e. The molecular weight excluding hydrogens is 468 g/mol. The molecule has 37 heavy (non-hydrogen) atoms. The number of para-hydroxylation sites is 1. The van der Waals surface area contributed by atoms with Crippen molar-refractivity contribution in [1.29, 1.82) is 0 Å². The fraction of sp³-hybridized carbons (Fsp3) is 0.500. The predicted octanol–water partition coefficient (Wildman–Crippen LogP) is 5.59. The zero-order chi connectivity index (χ0) is 25.2. The molecule has 0 radical (unpaired) electrons. The standard InChI is InChI=1S/C30H36N2O5/c33-30(34)21-9-10-23-25(19-21)32-15-16-37-29-24(28(32)27(23)20-5-2-1-3-6-20)7-4-8-26(29)36-18-17-35-22-11-13-31-14-12-22/h4,7-10,19-20,22,31H,1-3,5-6,11-18H2,(H,33,34). The van der Waals surface area contributed by atoms with E-state index in [0.29, 0.717) is 44.0 Å². The number of nitrogens with one attached hydrogen (secondary N) is 1. The number of hydrogen-bond acceptors (Lipinski definition) is 5. The van der Waals surface area contributed by atoms with Crippen LogP contribution >= 0.6 is 0 Å². The van der Waals surface area contributed by atoms with Gasteiger partial charge in [0, 0.05) is 16.5 Å². The predicted molar refractivity (Wildman–Crippen MR) is 143 cm³/mol. The molecule has 6 rings (SSSR count). The minimum atomic E-state index is -0.899. The molecule has 0 bridgehead atoms. The van der Waals surface area contributed by atoms with Crippen LogP contribution in [0.5, 0.6) is 11.5 Å². The Labute approximate surface area is 217 Å². The molecule has 0 unspecified atom stereocenters. The van der Waals surface area contributed by atoms with Gasteiger partial charge >= 0.3 is 5.97 Å². The van der Waals surface area contributed by atoms with Crippen LogP contribution < -0.4 is 14.8 Å². The van der Waals surface area contributed by atoms with Crippen molar-refractivity contribution in [2.75, 3.05) is 32.9 Å². The van der Waals surface area contributed by atoms with Gasteiger partial charge in [-0.1, -0.05) is 31.4 Å². The van der Waals surface area contributed by atoms with E-state index in [9.17, 15) is 9.90 Å². The van der Waals surface area contributed by atoms with Gasteiger partial charge in [-0.2, -0.15) is 0 Å². The number of benzene rings is 2. The molecule has 196 valence electrons. The van der Waals surface area contributed by atoms with Crippen molar-refractivity contribution in [3.63, 3.8) is 0 Å². The number of carboxylic acids is 1. The first kappa shape index (κ1) is 24.3. The molecule has 7 heteroatoms. The number of ether oxygens (including phenoxy) is 3. The Morgan fingerprint density at radius 2 is 1.89 bits per heavy atom. The fourth-order valence-electron chi connectivity index (χ4n) is 6.37. The summed E-state index contributed by atoms with van der Waals surface area (Å²) in [5.74, 6) is 1.08. The summed E-state index contributed by atoms with van der Waals surface area (Å²) in [5, 5.41) is 14.2. The molecule has 2 fully saturated rings. The minimum absolute atomic E-state index is 0.304. The van der Waals surface area contributed by atoms with E-state index in [-0.39, 0.29) is 0 Å². The van der Waals surface area contributed by atoms with Gasteiger partial charge in [-0.25, -0.2) is 4.79 Å².